The van der Waals surface area contributed by atoms with Crippen LogP contribution in [0.2, 0.25) is 0 Å². The Bertz CT molecular complexity index is 866. The van der Waals surface area contributed by atoms with Gasteiger partial charge in [-0.05, 0) is 35.7 Å². The summed E-state index contributed by atoms with van der Waals surface area (Å²) < 4.78 is 11.2. The van der Waals surface area contributed by atoms with Crippen LogP contribution in [-0.2, 0) is 17.8 Å². The number of rotatable bonds is 9. The summed E-state index contributed by atoms with van der Waals surface area (Å²) >= 11 is 0. The zero-order valence-corrected chi connectivity index (χ0v) is 19.3. The highest BCUT2D eigenvalue weighted by atomic mass is 16.5. The van der Waals surface area contributed by atoms with Gasteiger partial charge < -0.3 is 25.1 Å². The first-order valence-electron chi connectivity index (χ1n) is 11.2. The maximum absolute atomic E-state index is 12.4. The van der Waals surface area contributed by atoms with Gasteiger partial charge in [-0.3, -0.25) is 14.7 Å². The Morgan fingerprint density at radius 3 is 2.81 bits per heavy atom. The van der Waals surface area contributed by atoms with Gasteiger partial charge in [0.25, 0.3) is 5.91 Å². The molecule has 1 aromatic heterocycles. The summed E-state index contributed by atoms with van der Waals surface area (Å²) in [4.78, 5) is 19.2. The molecule has 0 radical (unpaired) electrons. The average Bonchev–Trinajstić information content (AvgIpc) is 3.31. The van der Waals surface area contributed by atoms with Crippen molar-refractivity contribution in [3.63, 3.8) is 0 Å². The normalized spacial score (nSPS) is 17.4. The first kappa shape index (κ1) is 23.8. The number of aliphatic imine (C=N–C) groups is 1. The number of carbonyl (C=O) groups excluding carboxylic acids is 1. The van der Waals surface area contributed by atoms with Gasteiger partial charge in [-0.2, -0.15) is 0 Å². The minimum Gasteiger partial charge on any atom is -0.467 e. The molecule has 1 atom stereocenters. The fourth-order valence-electron chi connectivity index (χ4n) is 3.71. The van der Waals surface area contributed by atoms with Crippen LogP contribution in [0.25, 0.3) is 0 Å². The molecule has 3 N–H and O–H groups in total. The van der Waals surface area contributed by atoms with E-state index >= 15 is 0 Å². The van der Waals surface area contributed by atoms with Crippen molar-refractivity contribution in [3.05, 3.63) is 59.5 Å². The van der Waals surface area contributed by atoms with Crippen LogP contribution in [0.4, 0.5) is 0 Å². The Hall–Kier alpha value is -2.84. The van der Waals surface area contributed by atoms with Crippen molar-refractivity contribution in [2.75, 3.05) is 39.8 Å². The molecule has 1 aliphatic heterocycles. The molecule has 32 heavy (non-hydrogen) atoms. The van der Waals surface area contributed by atoms with E-state index in [9.17, 15) is 4.79 Å². The van der Waals surface area contributed by atoms with Gasteiger partial charge in [-0.25, -0.2) is 0 Å². The second-order valence-corrected chi connectivity index (χ2v) is 8.42. The topological polar surface area (TPSA) is 91.1 Å². The monoisotopic (exact) mass is 441 g/mol. The van der Waals surface area contributed by atoms with Crippen molar-refractivity contribution in [3.8, 4) is 0 Å². The lowest BCUT2D eigenvalue weighted by Crippen LogP contribution is -2.50. The molecular weight excluding hydrogens is 406 g/mol. The van der Waals surface area contributed by atoms with Gasteiger partial charge in [0.1, 0.15) is 5.76 Å². The summed E-state index contributed by atoms with van der Waals surface area (Å²) in [5, 5.41) is 9.54. The second-order valence-electron chi connectivity index (χ2n) is 8.42. The maximum Gasteiger partial charge on any atom is 0.251 e. The molecule has 2 heterocycles. The van der Waals surface area contributed by atoms with Gasteiger partial charge in [-0.15, -0.1) is 0 Å². The Balaban J connectivity index is 1.44. The Kier molecular flexibility index (Phi) is 9.13. The SMILES string of the molecule is CN=C(NCc1cccc(C(=O)NCc2ccco2)c1)NCC1CN(CC(C)C)CCO1. The summed E-state index contributed by atoms with van der Waals surface area (Å²) in [6.45, 7) is 9.89. The molecule has 1 fully saturated rings. The standard InChI is InChI=1S/C24H35N5O3/c1-18(2)16-29-9-11-32-22(17-29)15-28-24(25-3)27-13-19-6-4-7-20(12-19)23(30)26-14-21-8-5-10-31-21/h4-8,10,12,18,22H,9,11,13-17H2,1-3H3,(H,26,30)(H2,25,27,28). The number of ether oxygens (including phenoxy) is 1. The van der Waals surface area contributed by atoms with Crippen LogP contribution in [-0.4, -0.2) is 62.7 Å². The molecule has 1 aromatic carbocycles. The summed E-state index contributed by atoms with van der Waals surface area (Å²) in [6, 6.07) is 11.2. The zero-order chi connectivity index (χ0) is 22.8. The molecule has 1 amide bonds. The predicted molar refractivity (Wildman–Crippen MR) is 126 cm³/mol. The maximum atomic E-state index is 12.4. The first-order valence-corrected chi connectivity index (χ1v) is 11.2. The molecule has 2 aromatic rings. The molecule has 1 saturated heterocycles. The van der Waals surface area contributed by atoms with E-state index in [2.05, 4.69) is 39.7 Å². The first-order chi connectivity index (χ1) is 15.5. The third-order valence-corrected chi connectivity index (χ3v) is 5.22. The number of guanidine groups is 1. The lowest BCUT2D eigenvalue weighted by molar-refractivity contribution is -0.0284. The fraction of sp³-hybridized carbons (Fsp3) is 0.500. The molecule has 174 valence electrons. The van der Waals surface area contributed by atoms with Crippen molar-refractivity contribution in [1.29, 1.82) is 0 Å². The van der Waals surface area contributed by atoms with E-state index in [0.29, 0.717) is 37.1 Å². The van der Waals surface area contributed by atoms with Gasteiger partial charge in [-0.1, -0.05) is 26.0 Å². The molecule has 3 rings (SSSR count). The minimum absolute atomic E-state index is 0.133. The summed E-state index contributed by atoms with van der Waals surface area (Å²) in [5.41, 5.74) is 1.61. The van der Waals surface area contributed by atoms with Crippen LogP contribution >= 0.6 is 0 Å². The number of carbonyl (C=O) groups is 1. The van der Waals surface area contributed by atoms with Crippen molar-refractivity contribution in [2.45, 2.75) is 33.0 Å². The van der Waals surface area contributed by atoms with Crippen molar-refractivity contribution >= 4 is 11.9 Å². The Morgan fingerprint density at radius 2 is 2.06 bits per heavy atom. The molecule has 0 saturated carbocycles. The lowest BCUT2D eigenvalue weighted by Gasteiger charge is -2.34. The largest absolute Gasteiger partial charge is 0.467 e. The number of morpholine rings is 1. The molecular formula is C24H35N5O3. The van der Waals surface area contributed by atoms with Gasteiger partial charge in [0, 0.05) is 45.3 Å². The smallest absolute Gasteiger partial charge is 0.251 e. The van der Waals surface area contributed by atoms with Gasteiger partial charge >= 0.3 is 0 Å². The van der Waals surface area contributed by atoms with Crippen LogP contribution in [0.15, 0.2) is 52.1 Å². The second kappa shape index (κ2) is 12.3. The van der Waals surface area contributed by atoms with Crippen molar-refractivity contribution in [2.24, 2.45) is 10.9 Å². The van der Waals surface area contributed by atoms with Crippen molar-refractivity contribution < 1.29 is 13.9 Å². The van der Waals surface area contributed by atoms with Crippen molar-refractivity contribution in [1.82, 2.24) is 20.9 Å². The third-order valence-electron chi connectivity index (χ3n) is 5.22. The molecule has 8 heteroatoms. The highest BCUT2D eigenvalue weighted by Gasteiger charge is 2.21. The lowest BCUT2D eigenvalue weighted by atomic mass is 10.1. The highest BCUT2D eigenvalue weighted by Crippen LogP contribution is 2.08. The van der Waals surface area contributed by atoms with Gasteiger partial charge in [0.15, 0.2) is 5.96 Å². The minimum atomic E-state index is -0.133. The van der Waals surface area contributed by atoms with Crippen LogP contribution in [0.3, 0.4) is 0 Å². The summed E-state index contributed by atoms with van der Waals surface area (Å²) in [6.07, 6.45) is 1.73. The van der Waals surface area contributed by atoms with Crippen LogP contribution in [0.5, 0.6) is 0 Å². The fourth-order valence-corrected chi connectivity index (χ4v) is 3.71. The molecule has 0 bridgehead atoms. The van der Waals surface area contributed by atoms with E-state index in [1.54, 1.807) is 25.4 Å². The molecule has 8 nitrogen and oxygen atoms in total. The van der Waals surface area contributed by atoms with E-state index in [-0.39, 0.29) is 12.0 Å². The number of benzene rings is 1. The predicted octanol–water partition coefficient (Wildman–Crippen LogP) is 2.23. The number of hydrogen-bond acceptors (Lipinski definition) is 5. The molecule has 1 aliphatic rings. The number of nitrogens with one attached hydrogen (secondary N) is 3. The zero-order valence-electron chi connectivity index (χ0n) is 19.3. The Morgan fingerprint density at radius 1 is 1.19 bits per heavy atom. The van der Waals surface area contributed by atoms with E-state index in [0.717, 1.165) is 37.6 Å². The molecule has 0 aliphatic carbocycles. The number of hydrogen-bond donors (Lipinski definition) is 3. The number of furan rings is 1. The van der Waals surface area contributed by atoms with Crippen LogP contribution in [0, 0.1) is 5.92 Å². The Labute approximate surface area is 190 Å². The number of nitrogens with zero attached hydrogens (tertiary/aromatic N) is 2. The van der Waals surface area contributed by atoms with Gasteiger partial charge in [0.2, 0.25) is 0 Å². The van der Waals surface area contributed by atoms with Crippen LogP contribution < -0.4 is 16.0 Å². The average molecular weight is 442 g/mol. The quantitative estimate of drug-likeness (QED) is 0.408. The summed E-state index contributed by atoms with van der Waals surface area (Å²) in [7, 11) is 1.75. The summed E-state index contributed by atoms with van der Waals surface area (Å²) in [5.74, 6) is 1.95. The van der Waals surface area contributed by atoms with Gasteiger partial charge in [0.05, 0.1) is 25.5 Å². The third kappa shape index (κ3) is 7.69. The van der Waals surface area contributed by atoms with E-state index in [1.807, 2.05) is 24.3 Å². The molecule has 0 spiro atoms. The van der Waals surface area contributed by atoms with Crippen LogP contribution in [0.1, 0.15) is 35.5 Å². The molecule has 1 unspecified atom stereocenters. The van der Waals surface area contributed by atoms with E-state index in [4.69, 9.17) is 9.15 Å². The number of amides is 1. The van der Waals surface area contributed by atoms with E-state index < -0.39 is 0 Å². The van der Waals surface area contributed by atoms with E-state index in [1.165, 1.54) is 0 Å². The highest BCUT2D eigenvalue weighted by molar-refractivity contribution is 5.94.